The summed E-state index contributed by atoms with van der Waals surface area (Å²) >= 11 is 0. The van der Waals surface area contributed by atoms with Gasteiger partial charge in [-0.25, -0.2) is 4.98 Å². The molecule has 4 nitrogen and oxygen atoms in total. The van der Waals surface area contributed by atoms with Crippen molar-refractivity contribution >= 4 is 11.0 Å². The van der Waals surface area contributed by atoms with Crippen LogP contribution in [0.3, 0.4) is 0 Å². The molecule has 0 saturated carbocycles. The Morgan fingerprint density at radius 2 is 1.59 bits per heavy atom. The van der Waals surface area contributed by atoms with Crippen LogP contribution in [0.15, 0.2) is 30.3 Å². The number of morpholine rings is 1. The predicted molar refractivity (Wildman–Crippen MR) is 110 cm³/mol. The van der Waals surface area contributed by atoms with E-state index in [4.69, 9.17) is 9.72 Å². The molecule has 0 amide bonds. The molecule has 2 heterocycles. The highest BCUT2D eigenvalue weighted by Crippen LogP contribution is 2.26. The van der Waals surface area contributed by atoms with Crippen molar-refractivity contribution in [3.8, 4) is 0 Å². The Kier molecular flexibility index (Phi) is 5.02. The number of ether oxygens (including phenoxy) is 1. The summed E-state index contributed by atoms with van der Waals surface area (Å²) in [5, 5.41) is 0. The fourth-order valence-electron chi connectivity index (χ4n) is 4.08. The molecule has 2 aromatic carbocycles. The van der Waals surface area contributed by atoms with E-state index in [0.717, 1.165) is 50.7 Å². The molecule has 0 aliphatic carbocycles. The van der Waals surface area contributed by atoms with Crippen molar-refractivity contribution in [1.82, 2.24) is 14.5 Å². The summed E-state index contributed by atoms with van der Waals surface area (Å²) in [6.45, 7) is 14.3. The van der Waals surface area contributed by atoms with Gasteiger partial charge in [-0.1, -0.05) is 18.2 Å². The summed E-state index contributed by atoms with van der Waals surface area (Å²) in [5.74, 6) is 1.15. The average Bonchev–Trinajstić information content (AvgIpc) is 3.01. The summed E-state index contributed by atoms with van der Waals surface area (Å²) in [6.07, 6.45) is 0. The van der Waals surface area contributed by atoms with Gasteiger partial charge in [-0.3, -0.25) is 4.90 Å². The number of aromatic nitrogens is 2. The van der Waals surface area contributed by atoms with Gasteiger partial charge in [0.2, 0.25) is 0 Å². The number of fused-ring (bicyclic) bond motifs is 1. The normalized spacial score (nSPS) is 15.6. The minimum absolute atomic E-state index is 0.815. The summed E-state index contributed by atoms with van der Waals surface area (Å²) in [6, 6.07) is 10.8. The number of benzene rings is 2. The van der Waals surface area contributed by atoms with E-state index in [1.54, 1.807) is 0 Å². The summed E-state index contributed by atoms with van der Waals surface area (Å²) in [7, 11) is 0. The van der Waals surface area contributed by atoms with Crippen molar-refractivity contribution < 1.29 is 4.74 Å². The van der Waals surface area contributed by atoms with Crippen LogP contribution in [0.25, 0.3) is 11.0 Å². The molecule has 1 aliphatic rings. The van der Waals surface area contributed by atoms with Crippen molar-refractivity contribution in [2.75, 3.05) is 26.3 Å². The Balaban J connectivity index is 1.77. The van der Waals surface area contributed by atoms with Crippen molar-refractivity contribution in [1.29, 1.82) is 0 Å². The molecular weight excluding hydrogens is 334 g/mol. The van der Waals surface area contributed by atoms with E-state index in [1.165, 1.54) is 33.3 Å². The number of aryl methyl sites for hydroxylation is 2. The van der Waals surface area contributed by atoms with E-state index in [0.29, 0.717) is 0 Å². The molecule has 4 rings (SSSR count). The molecule has 27 heavy (non-hydrogen) atoms. The highest BCUT2D eigenvalue weighted by molar-refractivity contribution is 5.76. The van der Waals surface area contributed by atoms with Crippen LogP contribution >= 0.6 is 0 Å². The minimum atomic E-state index is 0.815. The third kappa shape index (κ3) is 3.52. The van der Waals surface area contributed by atoms with Gasteiger partial charge >= 0.3 is 0 Å². The average molecular weight is 364 g/mol. The quantitative estimate of drug-likeness (QED) is 0.697. The van der Waals surface area contributed by atoms with Crippen molar-refractivity contribution in [2.45, 2.75) is 40.8 Å². The second-order valence-electron chi connectivity index (χ2n) is 7.73. The third-order valence-corrected chi connectivity index (χ3v) is 6.04. The fraction of sp³-hybridized carbons (Fsp3) is 0.435. The minimum Gasteiger partial charge on any atom is -0.379 e. The van der Waals surface area contributed by atoms with Crippen LogP contribution in [-0.2, 0) is 17.8 Å². The Morgan fingerprint density at radius 1 is 0.926 bits per heavy atom. The van der Waals surface area contributed by atoms with Gasteiger partial charge in [0.05, 0.1) is 30.8 Å². The molecule has 0 N–H and O–H groups in total. The van der Waals surface area contributed by atoms with Gasteiger partial charge in [0.15, 0.2) is 0 Å². The molecule has 0 unspecified atom stereocenters. The Labute approximate surface area is 161 Å². The highest BCUT2D eigenvalue weighted by Gasteiger charge is 2.18. The molecule has 1 fully saturated rings. The lowest BCUT2D eigenvalue weighted by Gasteiger charge is -2.26. The second kappa shape index (κ2) is 7.45. The summed E-state index contributed by atoms with van der Waals surface area (Å²) in [5.41, 5.74) is 9.26. The number of nitrogens with zero attached hydrogens (tertiary/aromatic N) is 3. The first-order chi connectivity index (χ1) is 13.0. The van der Waals surface area contributed by atoms with Crippen molar-refractivity contribution in [2.24, 2.45) is 0 Å². The van der Waals surface area contributed by atoms with Crippen LogP contribution in [-0.4, -0.2) is 40.8 Å². The van der Waals surface area contributed by atoms with Gasteiger partial charge < -0.3 is 9.30 Å². The first-order valence-electron chi connectivity index (χ1n) is 9.85. The second-order valence-corrected chi connectivity index (χ2v) is 7.73. The van der Waals surface area contributed by atoms with Crippen LogP contribution in [0.2, 0.25) is 0 Å². The van der Waals surface area contributed by atoms with Crippen molar-refractivity contribution in [3.05, 3.63) is 64.0 Å². The van der Waals surface area contributed by atoms with Crippen molar-refractivity contribution in [3.63, 3.8) is 0 Å². The van der Waals surface area contributed by atoms with E-state index in [2.05, 4.69) is 67.5 Å². The molecule has 4 heteroatoms. The molecule has 0 atom stereocenters. The summed E-state index contributed by atoms with van der Waals surface area (Å²) < 4.78 is 7.93. The molecule has 0 bridgehead atoms. The lowest BCUT2D eigenvalue weighted by atomic mass is 9.94. The smallest absolute Gasteiger partial charge is 0.124 e. The maximum atomic E-state index is 5.51. The molecule has 1 aromatic heterocycles. The standard InChI is InChI=1S/C23H29N3O/c1-16-13-17(2)19(4)20(18(16)3)14-26-22-8-6-5-7-21(22)24-23(26)15-25-9-11-27-12-10-25/h5-8,13H,9-12,14-15H2,1-4H3. The molecule has 1 aliphatic heterocycles. The van der Waals surface area contributed by atoms with Crippen LogP contribution in [0, 0.1) is 27.7 Å². The number of rotatable bonds is 4. The predicted octanol–water partition coefficient (Wildman–Crippen LogP) is 4.15. The molecule has 0 radical (unpaired) electrons. The van der Waals surface area contributed by atoms with E-state index >= 15 is 0 Å². The largest absolute Gasteiger partial charge is 0.379 e. The van der Waals surface area contributed by atoms with E-state index in [1.807, 2.05) is 0 Å². The van der Waals surface area contributed by atoms with Gasteiger partial charge in [-0.05, 0) is 67.6 Å². The third-order valence-electron chi connectivity index (χ3n) is 6.04. The van der Waals surface area contributed by atoms with E-state index < -0.39 is 0 Å². The SMILES string of the molecule is Cc1cc(C)c(C)c(Cn2c(CN3CCOCC3)nc3ccccc32)c1C. The zero-order valence-electron chi connectivity index (χ0n) is 16.9. The van der Waals surface area contributed by atoms with Gasteiger partial charge in [0.1, 0.15) is 5.82 Å². The molecular formula is C23H29N3O. The van der Waals surface area contributed by atoms with Crippen LogP contribution in [0.4, 0.5) is 0 Å². The molecule has 142 valence electrons. The number of para-hydroxylation sites is 2. The van der Waals surface area contributed by atoms with Gasteiger partial charge in [-0.15, -0.1) is 0 Å². The maximum absolute atomic E-state index is 5.51. The summed E-state index contributed by atoms with van der Waals surface area (Å²) in [4.78, 5) is 7.43. The van der Waals surface area contributed by atoms with Crippen LogP contribution < -0.4 is 0 Å². The number of hydrogen-bond acceptors (Lipinski definition) is 3. The lowest BCUT2D eigenvalue weighted by Crippen LogP contribution is -2.36. The van der Waals surface area contributed by atoms with Crippen LogP contribution in [0.1, 0.15) is 33.6 Å². The number of hydrogen-bond donors (Lipinski definition) is 0. The Morgan fingerprint density at radius 3 is 2.30 bits per heavy atom. The van der Waals surface area contributed by atoms with Gasteiger partial charge in [-0.2, -0.15) is 0 Å². The first-order valence-corrected chi connectivity index (χ1v) is 9.85. The zero-order chi connectivity index (χ0) is 19.0. The number of imidazole rings is 1. The maximum Gasteiger partial charge on any atom is 0.124 e. The lowest BCUT2D eigenvalue weighted by molar-refractivity contribution is 0.0327. The fourth-order valence-corrected chi connectivity index (χ4v) is 4.08. The topological polar surface area (TPSA) is 30.3 Å². The Bertz CT molecular complexity index is 941. The molecule has 1 saturated heterocycles. The Hall–Kier alpha value is -2.17. The van der Waals surface area contributed by atoms with Gasteiger partial charge in [0.25, 0.3) is 0 Å². The van der Waals surface area contributed by atoms with E-state index in [-0.39, 0.29) is 0 Å². The van der Waals surface area contributed by atoms with E-state index in [9.17, 15) is 0 Å². The van der Waals surface area contributed by atoms with Crippen LogP contribution in [0.5, 0.6) is 0 Å². The van der Waals surface area contributed by atoms with Gasteiger partial charge in [0, 0.05) is 19.6 Å². The molecule has 0 spiro atoms. The zero-order valence-corrected chi connectivity index (χ0v) is 16.9. The molecule has 3 aromatic rings. The monoisotopic (exact) mass is 363 g/mol. The first kappa shape index (κ1) is 18.2. The highest BCUT2D eigenvalue weighted by atomic mass is 16.5.